The molecule has 210 valence electrons. The molecule has 3 aromatic carbocycles. The molecule has 0 bridgehead atoms. The van der Waals surface area contributed by atoms with E-state index < -0.39 is 14.9 Å². The van der Waals surface area contributed by atoms with E-state index in [2.05, 4.69) is 16.2 Å². The minimum absolute atomic E-state index is 0.0134. The van der Waals surface area contributed by atoms with Crippen molar-refractivity contribution in [1.82, 2.24) is 14.3 Å². The van der Waals surface area contributed by atoms with Gasteiger partial charge in [-0.05, 0) is 74.0 Å². The Morgan fingerprint density at radius 2 is 1.50 bits per heavy atom. The predicted octanol–water partition coefficient (Wildman–Crippen LogP) is 5.62. The quantitative estimate of drug-likeness (QED) is 0.0931. The Kier molecular flexibility index (Phi) is 9.46. The molecular formula is C28H30N4O6S2. The van der Waals surface area contributed by atoms with Crippen LogP contribution in [-0.2, 0) is 16.6 Å². The summed E-state index contributed by atoms with van der Waals surface area (Å²) in [6.07, 6.45) is 0.559. The monoisotopic (exact) mass is 582 g/mol. The van der Waals surface area contributed by atoms with E-state index in [1.165, 1.54) is 24.3 Å². The van der Waals surface area contributed by atoms with E-state index in [1.807, 2.05) is 48.5 Å². The molecule has 0 fully saturated rings. The maximum Gasteiger partial charge on any atom is 0.269 e. The molecule has 1 N–H and O–H groups in total. The first-order chi connectivity index (χ1) is 19.3. The molecule has 0 aliphatic carbocycles. The average molecular weight is 583 g/mol. The number of hydrogen-bond acceptors (Lipinski definition) is 8. The van der Waals surface area contributed by atoms with Gasteiger partial charge in [0, 0.05) is 42.1 Å². The lowest BCUT2D eigenvalue weighted by Gasteiger charge is -2.12. The number of nitro groups is 1. The molecule has 4 aromatic rings. The summed E-state index contributed by atoms with van der Waals surface area (Å²) in [6, 6.07) is 20.4. The molecule has 0 saturated carbocycles. The van der Waals surface area contributed by atoms with Gasteiger partial charge in [0.15, 0.2) is 5.16 Å². The van der Waals surface area contributed by atoms with Crippen molar-refractivity contribution in [1.29, 1.82) is 0 Å². The van der Waals surface area contributed by atoms with Gasteiger partial charge in [-0.1, -0.05) is 11.8 Å². The summed E-state index contributed by atoms with van der Waals surface area (Å²) in [5, 5.41) is 11.7. The number of ether oxygens (including phenoxy) is 2. The second-order valence-corrected chi connectivity index (χ2v) is 11.5. The predicted molar refractivity (Wildman–Crippen MR) is 156 cm³/mol. The van der Waals surface area contributed by atoms with Crippen molar-refractivity contribution >= 4 is 27.5 Å². The summed E-state index contributed by atoms with van der Waals surface area (Å²) in [5.74, 6) is 2.16. The number of non-ortho nitro benzene ring substituents is 1. The van der Waals surface area contributed by atoms with Crippen LogP contribution < -0.4 is 14.2 Å². The topological polar surface area (TPSA) is 126 Å². The molecule has 0 amide bonds. The van der Waals surface area contributed by atoms with Crippen LogP contribution in [0.4, 0.5) is 5.69 Å². The SMILES string of the molecule is CCn1c(SCCCNS(=O)(=O)c2ccc([N+](=O)[O-])cc2)nc(-c2ccc(OC)cc2)c1-c1ccc(OC)cc1. The highest BCUT2D eigenvalue weighted by molar-refractivity contribution is 7.99. The highest BCUT2D eigenvalue weighted by Crippen LogP contribution is 2.37. The minimum atomic E-state index is -3.77. The Morgan fingerprint density at radius 3 is 2.02 bits per heavy atom. The minimum Gasteiger partial charge on any atom is -0.497 e. The van der Waals surface area contributed by atoms with Crippen molar-refractivity contribution < 1.29 is 22.8 Å². The fourth-order valence-electron chi connectivity index (χ4n) is 4.10. The van der Waals surface area contributed by atoms with Gasteiger partial charge in [-0.3, -0.25) is 10.1 Å². The fraction of sp³-hybridized carbons (Fsp3) is 0.250. The van der Waals surface area contributed by atoms with Crippen LogP contribution in [0, 0.1) is 10.1 Å². The van der Waals surface area contributed by atoms with Gasteiger partial charge in [0.05, 0.1) is 35.4 Å². The van der Waals surface area contributed by atoms with Crippen molar-refractivity contribution in [2.45, 2.75) is 29.9 Å². The van der Waals surface area contributed by atoms with Gasteiger partial charge in [0.2, 0.25) is 10.0 Å². The van der Waals surface area contributed by atoms with Gasteiger partial charge >= 0.3 is 0 Å². The maximum atomic E-state index is 12.6. The van der Waals surface area contributed by atoms with Crippen LogP contribution >= 0.6 is 11.8 Å². The third-order valence-corrected chi connectivity index (χ3v) is 8.72. The molecule has 1 heterocycles. The molecule has 0 radical (unpaired) electrons. The van der Waals surface area contributed by atoms with Crippen LogP contribution in [-0.4, -0.2) is 49.4 Å². The lowest BCUT2D eigenvalue weighted by Crippen LogP contribution is -2.25. The van der Waals surface area contributed by atoms with E-state index >= 15 is 0 Å². The lowest BCUT2D eigenvalue weighted by atomic mass is 10.0. The molecule has 40 heavy (non-hydrogen) atoms. The van der Waals surface area contributed by atoms with Gasteiger partial charge in [-0.2, -0.15) is 0 Å². The highest BCUT2D eigenvalue weighted by atomic mass is 32.2. The van der Waals surface area contributed by atoms with Crippen LogP contribution in [0.1, 0.15) is 13.3 Å². The molecular weight excluding hydrogens is 552 g/mol. The number of thioether (sulfide) groups is 1. The Labute approximate surface area is 237 Å². The number of rotatable bonds is 13. The summed E-state index contributed by atoms with van der Waals surface area (Å²) < 4.78 is 40.5. The number of aromatic nitrogens is 2. The number of sulfonamides is 1. The molecule has 0 spiro atoms. The molecule has 0 aliphatic heterocycles. The maximum absolute atomic E-state index is 12.6. The van der Waals surface area contributed by atoms with Crippen LogP contribution in [0.15, 0.2) is 82.8 Å². The van der Waals surface area contributed by atoms with Crippen molar-refractivity contribution in [2.24, 2.45) is 0 Å². The third-order valence-electron chi connectivity index (χ3n) is 6.18. The number of nitro benzene ring substituents is 1. The third kappa shape index (κ3) is 6.64. The number of benzene rings is 3. The smallest absolute Gasteiger partial charge is 0.269 e. The number of methoxy groups -OCH3 is 2. The summed E-state index contributed by atoms with van der Waals surface area (Å²) in [6.45, 7) is 2.98. The number of imidazole rings is 1. The molecule has 1 aromatic heterocycles. The van der Waals surface area contributed by atoms with Crippen LogP contribution in [0.2, 0.25) is 0 Å². The summed E-state index contributed by atoms with van der Waals surface area (Å²) in [5.41, 5.74) is 3.62. The summed E-state index contributed by atoms with van der Waals surface area (Å²) in [7, 11) is -0.507. The Hall–Kier alpha value is -3.87. The molecule has 10 nitrogen and oxygen atoms in total. The van der Waals surface area contributed by atoms with Crippen molar-refractivity contribution in [3.63, 3.8) is 0 Å². The first-order valence-corrected chi connectivity index (χ1v) is 15.0. The summed E-state index contributed by atoms with van der Waals surface area (Å²) >= 11 is 1.56. The van der Waals surface area contributed by atoms with E-state index in [0.29, 0.717) is 18.7 Å². The molecule has 0 unspecified atom stereocenters. The van der Waals surface area contributed by atoms with E-state index in [1.54, 1.807) is 26.0 Å². The second kappa shape index (κ2) is 13.0. The first-order valence-electron chi connectivity index (χ1n) is 12.5. The average Bonchev–Trinajstić information content (AvgIpc) is 3.35. The lowest BCUT2D eigenvalue weighted by molar-refractivity contribution is -0.384. The molecule has 4 rings (SSSR count). The van der Waals surface area contributed by atoms with Crippen molar-refractivity contribution in [3.8, 4) is 34.0 Å². The van der Waals surface area contributed by atoms with Gasteiger partial charge in [0.25, 0.3) is 5.69 Å². The normalized spacial score (nSPS) is 11.4. The standard InChI is InChI=1S/C28H30N4O6S2/c1-4-31-27(21-8-14-24(38-3)15-9-21)26(20-6-12-23(37-2)13-7-20)30-28(31)39-19-5-18-29-40(35,36)25-16-10-22(11-17-25)32(33)34/h6-17,29H,4-5,18-19H2,1-3H3. The van der Waals surface area contributed by atoms with Crippen molar-refractivity contribution in [2.75, 3.05) is 26.5 Å². The summed E-state index contributed by atoms with van der Waals surface area (Å²) in [4.78, 5) is 15.2. The van der Waals surface area contributed by atoms with E-state index in [0.717, 1.165) is 39.2 Å². The van der Waals surface area contributed by atoms with Gasteiger partial charge in [0.1, 0.15) is 11.5 Å². The second-order valence-electron chi connectivity index (χ2n) is 8.64. The van der Waals surface area contributed by atoms with E-state index in [4.69, 9.17) is 14.5 Å². The largest absolute Gasteiger partial charge is 0.497 e. The zero-order valence-corrected chi connectivity index (χ0v) is 24.0. The Bertz CT molecular complexity index is 1550. The zero-order valence-electron chi connectivity index (χ0n) is 22.4. The molecule has 0 aliphatic rings. The first kappa shape index (κ1) is 29.1. The van der Waals surface area contributed by atoms with Gasteiger partial charge < -0.3 is 14.0 Å². The van der Waals surface area contributed by atoms with Gasteiger partial charge in [-0.25, -0.2) is 18.1 Å². The van der Waals surface area contributed by atoms with Crippen LogP contribution in [0.3, 0.4) is 0 Å². The Balaban J connectivity index is 1.50. The number of hydrogen-bond donors (Lipinski definition) is 1. The molecule has 0 atom stereocenters. The fourth-order valence-corrected chi connectivity index (χ4v) is 6.18. The van der Waals surface area contributed by atoms with E-state index in [-0.39, 0.29) is 17.1 Å². The van der Waals surface area contributed by atoms with Gasteiger partial charge in [-0.15, -0.1) is 0 Å². The van der Waals surface area contributed by atoms with Crippen LogP contribution in [0.5, 0.6) is 11.5 Å². The highest BCUT2D eigenvalue weighted by Gasteiger charge is 2.20. The Morgan fingerprint density at radius 1 is 0.925 bits per heavy atom. The van der Waals surface area contributed by atoms with Crippen molar-refractivity contribution in [3.05, 3.63) is 82.9 Å². The molecule has 0 saturated heterocycles. The van der Waals surface area contributed by atoms with E-state index in [9.17, 15) is 18.5 Å². The molecule has 12 heteroatoms. The van der Waals surface area contributed by atoms with Crippen LogP contribution in [0.25, 0.3) is 22.5 Å². The zero-order chi connectivity index (χ0) is 28.7. The number of nitrogens with one attached hydrogen (secondary N) is 1. The number of nitrogens with zero attached hydrogens (tertiary/aromatic N) is 3.